The average Bonchev–Trinajstić information content (AvgIpc) is 3.28. The van der Waals surface area contributed by atoms with Crippen molar-refractivity contribution in [3.8, 4) is 0 Å². The Kier molecular flexibility index (Phi) is 36.5. The summed E-state index contributed by atoms with van der Waals surface area (Å²) in [6.45, 7) is 56.9. The molecular formula is C48H88N4O8. The van der Waals surface area contributed by atoms with Crippen LogP contribution in [0.5, 0.6) is 0 Å². The van der Waals surface area contributed by atoms with E-state index in [0.29, 0.717) is 0 Å². The maximum atomic E-state index is 10.3. The third kappa shape index (κ3) is 22.7. The van der Waals surface area contributed by atoms with Gasteiger partial charge in [0.25, 0.3) is 0 Å². The summed E-state index contributed by atoms with van der Waals surface area (Å²) in [5.41, 5.74) is -1.45. The zero-order chi connectivity index (χ0) is 47.6. The summed E-state index contributed by atoms with van der Waals surface area (Å²) in [6, 6.07) is 10.3. The van der Waals surface area contributed by atoms with E-state index in [-0.39, 0.29) is 22.3 Å². The summed E-state index contributed by atoms with van der Waals surface area (Å²) in [5, 5.41) is 41.3. The highest BCUT2D eigenvalue weighted by molar-refractivity contribution is 6.00. The fourth-order valence-corrected chi connectivity index (χ4v) is 7.04. The van der Waals surface area contributed by atoms with E-state index in [9.17, 15) is 39.6 Å². The van der Waals surface area contributed by atoms with E-state index in [4.69, 9.17) is 0 Å². The molecule has 2 aromatic carbocycles. The topological polar surface area (TPSA) is 161 Å². The Hall–Kier alpha value is -3.84. The monoisotopic (exact) mass is 849 g/mol. The maximum Gasteiger partial charge on any atom is 0.0757 e. The van der Waals surface area contributed by atoms with E-state index in [2.05, 4.69) is 111 Å². The van der Waals surface area contributed by atoms with Crippen molar-refractivity contribution in [3.63, 3.8) is 0 Å². The van der Waals surface area contributed by atoms with Crippen molar-refractivity contribution in [2.24, 2.45) is 0 Å². The van der Waals surface area contributed by atoms with Crippen LogP contribution in [0.4, 0.5) is 0 Å². The lowest BCUT2D eigenvalue weighted by Crippen LogP contribution is -2.47. The number of hydrogen-bond acceptors (Lipinski definition) is 8. The van der Waals surface area contributed by atoms with Crippen molar-refractivity contribution in [3.05, 3.63) is 70.8 Å². The standard InChI is InChI=1S/4C8H20N.2C8H6O4/c4*1-5-9(6-2,7-3)8-4;2*9-7(10)5-3-1-2-4-6(5)8(11)12/h4*5-8H2,1-4H3;2*1-4H,(H,9,10)(H,11,12)/q4*+1;;/p-4. The molecule has 0 bridgehead atoms. The molecule has 0 aliphatic heterocycles. The first-order chi connectivity index (χ1) is 28.2. The predicted molar refractivity (Wildman–Crippen MR) is 240 cm³/mol. The molecule has 60 heavy (non-hydrogen) atoms. The molecule has 0 aliphatic carbocycles. The SMILES string of the molecule is CC[N+](CC)(CC)CC.CC[N+](CC)(CC)CC.CC[N+](CC)(CC)CC.CC[N+](CC)(CC)CC.O=C([O-])c1ccccc1C(=O)[O-].O=C([O-])c1ccccc1C(=O)[O-]. The van der Waals surface area contributed by atoms with Gasteiger partial charge in [0, 0.05) is 22.3 Å². The molecule has 0 saturated carbocycles. The van der Waals surface area contributed by atoms with Crippen molar-refractivity contribution < 1.29 is 57.5 Å². The molecule has 0 aromatic heterocycles. The molecule has 0 heterocycles. The minimum atomic E-state index is -1.52. The highest BCUT2D eigenvalue weighted by Gasteiger charge is 2.18. The van der Waals surface area contributed by atoms with E-state index >= 15 is 0 Å². The highest BCUT2D eigenvalue weighted by atomic mass is 16.4. The minimum Gasteiger partial charge on any atom is -0.545 e. The number of rotatable bonds is 20. The second-order valence-corrected chi connectivity index (χ2v) is 14.7. The smallest absolute Gasteiger partial charge is 0.0757 e. The number of carboxylic acids is 4. The number of hydrogen-bond donors (Lipinski definition) is 0. The number of carboxylic acid groups (broad SMARTS) is 4. The molecule has 12 heteroatoms. The third-order valence-corrected chi connectivity index (χ3v) is 13.5. The summed E-state index contributed by atoms with van der Waals surface area (Å²) >= 11 is 0. The molecule has 0 aliphatic rings. The van der Waals surface area contributed by atoms with E-state index in [0.717, 1.165) is 24.3 Å². The van der Waals surface area contributed by atoms with E-state index < -0.39 is 23.9 Å². The molecule has 0 radical (unpaired) electrons. The van der Waals surface area contributed by atoms with Crippen LogP contribution in [0.25, 0.3) is 0 Å². The summed E-state index contributed by atoms with van der Waals surface area (Å²) in [4.78, 5) is 41.3. The van der Waals surface area contributed by atoms with Crippen LogP contribution in [0.1, 0.15) is 152 Å². The third-order valence-electron chi connectivity index (χ3n) is 13.5. The van der Waals surface area contributed by atoms with Crippen LogP contribution < -0.4 is 20.4 Å². The summed E-state index contributed by atoms with van der Waals surface area (Å²) in [5.74, 6) is -6.07. The van der Waals surface area contributed by atoms with Crippen LogP contribution in [-0.4, -0.2) is 147 Å². The molecule has 12 nitrogen and oxygen atoms in total. The molecule has 0 spiro atoms. The van der Waals surface area contributed by atoms with Gasteiger partial charge in [0.2, 0.25) is 0 Å². The molecule has 348 valence electrons. The van der Waals surface area contributed by atoms with E-state index in [1.54, 1.807) is 0 Å². The first-order valence-corrected chi connectivity index (χ1v) is 22.7. The first-order valence-electron chi connectivity index (χ1n) is 22.7. The van der Waals surface area contributed by atoms with Gasteiger partial charge in [-0.1, -0.05) is 48.5 Å². The van der Waals surface area contributed by atoms with Crippen LogP contribution in [0.15, 0.2) is 48.5 Å². The Morgan fingerprint density at radius 1 is 0.283 bits per heavy atom. The molecule has 0 atom stereocenters. The first kappa shape index (κ1) is 62.8. The number of nitrogens with zero attached hydrogens (tertiary/aromatic N) is 4. The van der Waals surface area contributed by atoms with Crippen LogP contribution in [0.2, 0.25) is 0 Å². The van der Waals surface area contributed by atoms with Gasteiger partial charge in [0.05, 0.1) is 129 Å². The van der Waals surface area contributed by atoms with Crippen molar-refractivity contribution in [1.29, 1.82) is 0 Å². The van der Waals surface area contributed by atoms with Gasteiger partial charge < -0.3 is 57.5 Å². The zero-order valence-electron chi connectivity index (χ0n) is 41.0. The Morgan fingerprint density at radius 3 is 0.433 bits per heavy atom. The van der Waals surface area contributed by atoms with Crippen molar-refractivity contribution in [1.82, 2.24) is 0 Å². The van der Waals surface area contributed by atoms with Gasteiger partial charge in [0.15, 0.2) is 0 Å². The van der Waals surface area contributed by atoms with E-state index in [1.807, 2.05) is 0 Å². The molecule has 0 fully saturated rings. The predicted octanol–water partition coefficient (Wildman–Crippen LogP) is 4.36. The Bertz CT molecular complexity index is 1150. The number of quaternary nitrogens is 4. The lowest BCUT2D eigenvalue weighted by Gasteiger charge is -2.34. The number of carbonyl (C=O) groups is 4. The van der Waals surface area contributed by atoms with Crippen LogP contribution in [0.3, 0.4) is 0 Å². The second-order valence-electron chi connectivity index (χ2n) is 14.7. The zero-order valence-corrected chi connectivity index (χ0v) is 41.0. The van der Waals surface area contributed by atoms with Gasteiger partial charge in [-0.2, -0.15) is 0 Å². The van der Waals surface area contributed by atoms with Crippen LogP contribution in [-0.2, 0) is 0 Å². The lowest BCUT2D eigenvalue weighted by atomic mass is 10.1. The summed E-state index contributed by atoms with van der Waals surface area (Å²) in [6.07, 6.45) is 0. The van der Waals surface area contributed by atoms with E-state index in [1.165, 1.54) is 147 Å². The van der Waals surface area contributed by atoms with Gasteiger partial charge in [-0.3, -0.25) is 0 Å². The molecular weight excluding hydrogens is 761 g/mol. The fourth-order valence-electron chi connectivity index (χ4n) is 7.04. The molecule has 0 N–H and O–H groups in total. The Labute approximate surface area is 366 Å². The maximum absolute atomic E-state index is 10.3. The summed E-state index contributed by atoms with van der Waals surface area (Å²) in [7, 11) is 0. The van der Waals surface area contributed by atoms with Crippen molar-refractivity contribution in [2.45, 2.75) is 111 Å². The fraction of sp³-hybridized carbons (Fsp3) is 0.667. The molecule has 0 saturated heterocycles. The van der Waals surface area contributed by atoms with Gasteiger partial charge in [-0.15, -0.1) is 0 Å². The van der Waals surface area contributed by atoms with Crippen LogP contribution in [0, 0.1) is 0 Å². The lowest BCUT2D eigenvalue weighted by molar-refractivity contribution is -0.921. The Morgan fingerprint density at radius 2 is 0.383 bits per heavy atom. The Balaban J connectivity index is -0.000000316. The molecule has 0 unspecified atom stereocenters. The van der Waals surface area contributed by atoms with Gasteiger partial charge in [0.1, 0.15) is 0 Å². The van der Waals surface area contributed by atoms with Gasteiger partial charge in [-0.25, -0.2) is 0 Å². The average molecular weight is 849 g/mol. The van der Waals surface area contributed by atoms with Crippen molar-refractivity contribution in [2.75, 3.05) is 105 Å². The molecule has 0 amide bonds. The largest absolute Gasteiger partial charge is 0.545 e. The highest BCUT2D eigenvalue weighted by Crippen LogP contribution is 2.08. The number of benzene rings is 2. The molecule has 2 rings (SSSR count). The van der Waals surface area contributed by atoms with Crippen molar-refractivity contribution >= 4 is 23.9 Å². The quantitative estimate of drug-likeness (QED) is 0.178. The van der Waals surface area contributed by atoms with Gasteiger partial charge >= 0.3 is 0 Å². The normalized spacial score (nSPS) is 10.9. The minimum absolute atomic E-state index is 0.363. The van der Waals surface area contributed by atoms with Gasteiger partial charge in [-0.05, 0) is 111 Å². The second kappa shape index (κ2) is 34.8. The number of carbonyl (C=O) groups excluding carboxylic acids is 4. The summed E-state index contributed by atoms with van der Waals surface area (Å²) < 4.78 is 5.11. The molecule has 2 aromatic rings. The van der Waals surface area contributed by atoms with Crippen LogP contribution >= 0.6 is 0 Å². The number of aromatic carboxylic acids is 4.